The van der Waals surface area contributed by atoms with Gasteiger partial charge in [-0.2, -0.15) is 0 Å². The van der Waals surface area contributed by atoms with Crippen LogP contribution in [0.1, 0.15) is 31.0 Å². The van der Waals surface area contributed by atoms with Crippen molar-refractivity contribution in [1.29, 1.82) is 0 Å². The number of anilines is 1. The summed E-state index contributed by atoms with van der Waals surface area (Å²) in [6, 6.07) is 27.3. The maximum atomic E-state index is 13.2. The van der Waals surface area contributed by atoms with Gasteiger partial charge in [0.25, 0.3) is 0 Å². The lowest BCUT2D eigenvalue weighted by Crippen LogP contribution is -2.35. The molecule has 0 aliphatic heterocycles. The Balaban J connectivity index is 1.53. The Bertz CT molecular complexity index is 1150. The number of benzene rings is 3. The van der Waals surface area contributed by atoms with Gasteiger partial charge in [0.1, 0.15) is 0 Å². The smallest absolute Gasteiger partial charge is 0.234 e. The molecular weight excluding hydrogens is 430 g/mol. The topological polar surface area (TPSA) is 85.8 Å². The van der Waals surface area contributed by atoms with Crippen molar-refractivity contribution >= 4 is 23.4 Å². The van der Waals surface area contributed by atoms with Gasteiger partial charge in [0, 0.05) is 17.8 Å². The van der Waals surface area contributed by atoms with Crippen molar-refractivity contribution in [3.05, 3.63) is 96.1 Å². The minimum atomic E-state index is -0.353. The van der Waals surface area contributed by atoms with Crippen LogP contribution in [0.25, 0.3) is 11.4 Å². The second-order valence-electron chi connectivity index (χ2n) is 7.70. The van der Waals surface area contributed by atoms with E-state index in [1.54, 1.807) is 0 Å². The molecule has 0 radical (unpaired) electrons. The first-order chi connectivity index (χ1) is 16.1. The molecule has 3 N–H and O–H groups in total. The zero-order valence-corrected chi connectivity index (χ0v) is 19.5. The lowest BCUT2D eigenvalue weighted by molar-refractivity contribution is -0.120. The fourth-order valence-corrected chi connectivity index (χ4v) is 4.55. The van der Waals surface area contributed by atoms with Crippen molar-refractivity contribution in [2.75, 3.05) is 5.73 Å². The van der Waals surface area contributed by atoms with Crippen LogP contribution in [-0.4, -0.2) is 25.9 Å². The van der Waals surface area contributed by atoms with Crippen molar-refractivity contribution in [3.63, 3.8) is 0 Å². The van der Waals surface area contributed by atoms with Gasteiger partial charge in [0.15, 0.2) is 11.0 Å². The number of thioether (sulfide) groups is 1. The molecule has 7 heteroatoms. The second kappa shape index (κ2) is 10.4. The van der Waals surface area contributed by atoms with E-state index in [-0.39, 0.29) is 17.2 Å². The molecule has 4 rings (SSSR count). The first-order valence-corrected chi connectivity index (χ1v) is 11.8. The molecule has 0 saturated carbocycles. The number of nitrogens with zero attached hydrogens (tertiary/aromatic N) is 3. The van der Waals surface area contributed by atoms with Gasteiger partial charge in [-0.1, -0.05) is 72.4 Å². The summed E-state index contributed by atoms with van der Waals surface area (Å²) in [5.41, 5.74) is 9.53. The first-order valence-electron chi connectivity index (χ1n) is 10.9. The maximum absolute atomic E-state index is 13.2. The fourth-order valence-electron chi connectivity index (χ4n) is 3.63. The van der Waals surface area contributed by atoms with Crippen molar-refractivity contribution in [2.45, 2.75) is 36.8 Å². The number of carbonyl (C=O) groups excluding carboxylic acids is 1. The van der Waals surface area contributed by atoms with E-state index >= 15 is 0 Å². The van der Waals surface area contributed by atoms with Gasteiger partial charge in [-0.25, -0.2) is 0 Å². The number of hydrogen-bond acceptors (Lipinski definition) is 5. The molecule has 0 unspecified atom stereocenters. The van der Waals surface area contributed by atoms with Gasteiger partial charge in [0.05, 0.1) is 11.3 Å². The Morgan fingerprint density at radius 1 is 0.939 bits per heavy atom. The summed E-state index contributed by atoms with van der Waals surface area (Å²) in [7, 11) is 0. The van der Waals surface area contributed by atoms with Crippen molar-refractivity contribution in [3.8, 4) is 11.4 Å². The fraction of sp³-hybridized carbons (Fsp3) is 0.192. The number of rotatable bonds is 8. The Morgan fingerprint density at radius 2 is 1.52 bits per heavy atom. The van der Waals surface area contributed by atoms with Crippen LogP contribution in [-0.2, 0) is 11.3 Å². The molecule has 6 nitrogen and oxygen atoms in total. The summed E-state index contributed by atoms with van der Waals surface area (Å²) >= 11 is 1.41. The first kappa shape index (κ1) is 22.6. The molecule has 0 saturated heterocycles. The molecule has 1 aromatic heterocycles. The van der Waals surface area contributed by atoms with Gasteiger partial charge < -0.3 is 15.6 Å². The summed E-state index contributed by atoms with van der Waals surface area (Å²) in [4.78, 5) is 13.2. The SMILES string of the molecule is CCn1c(S[C@H](C)C(=O)NC(c2ccccc2)c2ccccc2)nnc1-c1ccc(N)cc1. The van der Waals surface area contributed by atoms with Gasteiger partial charge >= 0.3 is 0 Å². The van der Waals surface area contributed by atoms with Crippen molar-refractivity contribution < 1.29 is 4.79 Å². The van der Waals surface area contributed by atoms with E-state index in [1.807, 2.05) is 103 Å². The summed E-state index contributed by atoms with van der Waals surface area (Å²) in [5.74, 6) is 0.705. The highest BCUT2D eigenvalue weighted by atomic mass is 32.2. The zero-order valence-electron chi connectivity index (χ0n) is 18.7. The van der Waals surface area contributed by atoms with Crippen LogP contribution in [0.4, 0.5) is 5.69 Å². The third-order valence-corrected chi connectivity index (χ3v) is 6.49. The normalized spacial score (nSPS) is 12.0. The predicted octanol–water partition coefficient (Wildman–Crippen LogP) is 4.93. The minimum Gasteiger partial charge on any atom is -0.399 e. The molecule has 0 spiro atoms. The van der Waals surface area contributed by atoms with Crippen molar-refractivity contribution in [2.24, 2.45) is 0 Å². The molecule has 0 bridgehead atoms. The number of aromatic nitrogens is 3. The van der Waals surface area contributed by atoms with E-state index in [1.165, 1.54) is 11.8 Å². The summed E-state index contributed by atoms with van der Waals surface area (Å²) in [5, 5.41) is 12.3. The average Bonchev–Trinajstić information content (AvgIpc) is 3.26. The number of amides is 1. The average molecular weight is 458 g/mol. The number of nitrogen functional groups attached to an aromatic ring is 1. The molecule has 1 amide bonds. The highest BCUT2D eigenvalue weighted by Gasteiger charge is 2.24. The van der Waals surface area contributed by atoms with E-state index in [0.717, 1.165) is 22.5 Å². The Morgan fingerprint density at radius 3 is 2.06 bits per heavy atom. The maximum Gasteiger partial charge on any atom is 0.234 e. The van der Waals surface area contributed by atoms with E-state index in [0.29, 0.717) is 17.4 Å². The molecule has 4 aromatic rings. The summed E-state index contributed by atoms with van der Waals surface area (Å²) < 4.78 is 2.02. The molecule has 168 valence electrons. The van der Waals surface area contributed by atoms with E-state index in [2.05, 4.69) is 15.5 Å². The lowest BCUT2D eigenvalue weighted by atomic mass is 9.98. The van der Waals surface area contributed by atoms with Crippen LogP contribution in [0.3, 0.4) is 0 Å². The zero-order chi connectivity index (χ0) is 23.2. The summed E-state index contributed by atoms with van der Waals surface area (Å²) in [6.07, 6.45) is 0. The Labute approximate surface area is 198 Å². The predicted molar refractivity (Wildman–Crippen MR) is 134 cm³/mol. The van der Waals surface area contributed by atoms with E-state index in [4.69, 9.17) is 5.73 Å². The van der Waals surface area contributed by atoms with Crippen LogP contribution in [0.2, 0.25) is 0 Å². The monoisotopic (exact) mass is 457 g/mol. The van der Waals surface area contributed by atoms with Crippen LogP contribution >= 0.6 is 11.8 Å². The lowest BCUT2D eigenvalue weighted by Gasteiger charge is -2.22. The quantitative estimate of drug-likeness (QED) is 0.289. The number of nitrogens with one attached hydrogen (secondary N) is 1. The van der Waals surface area contributed by atoms with Gasteiger partial charge in [0.2, 0.25) is 5.91 Å². The molecule has 0 aliphatic carbocycles. The minimum absolute atomic E-state index is 0.0580. The van der Waals surface area contributed by atoms with Crippen LogP contribution in [0.5, 0.6) is 0 Å². The highest BCUT2D eigenvalue weighted by Crippen LogP contribution is 2.28. The molecule has 3 aromatic carbocycles. The Hall–Kier alpha value is -3.58. The number of nitrogens with two attached hydrogens (primary N) is 1. The molecule has 1 atom stereocenters. The highest BCUT2D eigenvalue weighted by molar-refractivity contribution is 8.00. The van der Waals surface area contributed by atoms with Gasteiger partial charge in [-0.15, -0.1) is 10.2 Å². The summed E-state index contributed by atoms with van der Waals surface area (Å²) in [6.45, 7) is 4.63. The van der Waals surface area contributed by atoms with Crippen molar-refractivity contribution in [1.82, 2.24) is 20.1 Å². The third kappa shape index (κ3) is 5.26. The van der Waals surface area contributed by atoms with Crippen LogP contribution in [0, 0.1) is 0 Å². The van der Waals surface area contributed by atoms with Gasteiger partial charge in [-0.05, 0) is 49.2 Å². The van der Waals surface area contributed by atoms with Crippen LogP contribution < -0.4 is 11.1 Å². The standard InChI is InChI=1S/C26H27N5OS/c1-3-31-24(21-14-16-22(27)17-15-21)29-30-26(31)33-18(2)25(32)28-23(19-10-6-4-7-11-19)20-12-8-5-9-13-20/h4-18,23H,3,27H2,1-2H3,(H,28,32)/t18-/m1/s1. The largest absolute Gasteiger partial charge is 0.399 e. The van der Waals surface area contributed by atoms with Gasteiger partial charge in [-0.3, -0.25) is 4.79 Å². The Kier molecular flexibility index (Phi) is 7.10. The molecular formula is C26H27N5OS. The molecule has 1 heterocycles. The third-order valence-electron chi connectivity index (χ3n) is 5.41. The molecule has 0 aliphatic rings. The molecule has 0 fully saturated rings. The number of carbonyl (C=O) groups is 1. The second-order valence-corrected chi connectivity index (χ2v) is 9.00. The molecule has 33 heavy (non-hydrogen) atoms. The number of hydrogen-bond donors (Lipinski definition) is 2. The van der Waals surface area contributed by atoms with E-state index in [9.17, 15) is 4.79 Å². The van der Waals surface area contributed by atoms with Crippen LogP contribution in [0.15, 0.2) is 90.1 Å². The van der Waals surface area contributed by atoms with E-state index < -0.39 is 0 Å².